The summed E-state index contributed by atoms with van der Waals surface area (Å²) in [5.74, 6) is 2.17. The summed E-state index contributed by atoms with van der Waals surface area (Å²) in [6, 6.07) is 14.7. The predicted octanol–water partition coefficient (Wildman–Crippen LogP) is 3.46. The van der Waals surface area contributed by atoms with Crippen LogP contribution in [0.5, 0.6) is 0 Å². The van der Waals surface area contributed by atoms with E-state index in [1.165, 1.54) is 15.3 Å². The average molecular weight is 380 g/mol. The standard InChI is InChI=1S/C21H25N5S/c1-17-7-8-19(27-17)16-22-15-18-5-4-10-24-21(18)26-13-11-25(12-14-26)20-6-2-3-9-23-20/h2-10,22H,11-16H2,1H3. The van der Waals surface area contributed by atoms with Gasteiger partial charge in [0.1, 0.15) is 11.6 Å². The molecule has 3 aromatic rings. The number of hydrogen-bond donors (Lipinski definition) is 1. The quantitative estimate of drug-likeness (QED) is 0.711. The number of pyridine rings is 2. The fourth-order valence-electron chi connectivity index (χ4n) is 3.44. The summed E-state index contributed by atoms with van der Waals surface area (Å²) in [5.41, 5.74) is 1.26. The van der Waals surface area contributed by atoms with Crippen LogP contribution < -0.4 is 15.1 Å². The first-order chi connectivity index (χ1) is 13.3. The van der Waals surface area contributed by atoms with Crippen LogP contribution in [0.15, 0.2) is 54.9 Å². The van der Waals surface area contributed by atoms with Gasteiger partial charge in [0.2, 0.25) is 0 Å². The molecule has 4 rings (SSSR count). The molecule has 3 aromatic heterocycles. The van der Waals surface area contributed by atoms with E-state index in [9.17, 15) is 0 Å². The van der Waals surface area contributed by atoms with Crippen LogP contribution in [0, 0.1) is 6.92 Å². The Morgan fingerprint density at radius 2 is 1.70 bits per heavy atom. The Morgan fingerprint density at radius 1 is 0.889 bits per heavy atom. The molecule has 27 heavy (non-hydrogen) atoms. The number of hydrogen-bond acceptors (Lipinski definition) is 6. The van der Waals surface area contributed by atoms with Gasteiger partial charge in [0.15, 0.2) is 0 Å². The number of nitrogens with zero attached hydrogens (tertiary/aromatic N) is 4. The maximum absolute atomic E-state index is 4.68. The van der Waals surface area contributed by atoms with Crippen LogP contribution >= 0.6 is 11.3 Å². The Morgan fingerprint density at radius 3 is 2.44 bits per heavy atom. The van der Waals surface area contributed by atoms with Crippen molar-refractivity contribution in [2.75, 3.05) is 36.0 Å². The van der Waals surface area contributed by atoms with Gasteiger partial charge in [-0.25, -0.2) is 9.97 Å². The highest BCUT2D eigenvalue weighted by Crippen LogP contribution is 2.21. The Labute approximate surface area is 164 Å². The minimum absolute atomic E-state index is 0.834. The van der Waals surface area contributed by atoms with Crippen LogP contribution in [0.1, 0.15) is 15.3 Å². The lowest BCUT2D eigenvalue weighted by Crippen LogP contribution is -2.47. The number of aromatic nitrogens is 2. The highest BCUT2D eigenvalue weighted by Gasteiger charge is 2.20. The van der Waals surface area contributed by atoms with Crippen molar-refractivity contribution in [2.45, 2.75) is 20.0 Å². The van der Waals surface area contributed by atoms with Crippen molar-refractivity contribution < 1.29 is 0 Å². The average Bonchev–Trinajstić information content (AvgIpc) is 3.14. The molecular formula is C21H25N5S. The lowest BCUT2D eigenvalue weighted by Gasteiger charge is -2.36. The van der Waals surface area contributed by atoms with Crippen LogP contribution in [0.25, 0.3) is 0 Å². The second kappa shape index (κ2) is 8.50. The third-order valence-electron chi connectivity index (χ3n) is 4.83. The lowest BCUT2D eigenvalue weighted by atomic mass is 10.2. The van der Waals surface area contributed by atoms with Gasteiger partial charge in [-0.2, -0.15) is 0 Å². The van der Waals surface area contributed by atoms with Gasteiger partial charge in [0.05, 0.1) is 0 Å². The van der Waals surface area contributed by atoms with E-state index in [0.717, 1.165) is 50.9 Å². The monoisotopic (exact) mass is 379 g/mol. The van der Waals surface area contributed by atoms with Crippen molar-refractivity contribution in [3.05, 3.63) is 70.2 Å². The first kappa shape index (κ1) is 17.9. The smallest absolute Gasteiger partial charge is 0.133 e. The summed E-state index contributed by atoms with van der Waals surface area (Å²) in [6.07, 6.45) is 3.76. The SMILES string of the molecule is Cc1ccc(CNCc2cccnc2N2CCN(c3ccccn3)CC2)s1. The third-order valence-corrected chi connectivity index (χ3v) is 5.83. The lowest BCUT2D eigenvalue weighted by molar-refractivity contribution is 0.632. The van der Waals surface area contributed by atoms with E-state index in [0.29, 0.717) is 0 Å². The van der Waals surface area contributed by atoms with Crippen LogP contribution in [0.4, 0.5) is 11.6 Å². The molecule has 1 aliphatic rings. The minimum atomic E-state index is 0.834. The van der Waals surface area contributed by atoms with E-state index >= 15 is 0 Å². The van der Waals surface area contributed by atoms with E-state index in [2.05, 4.69) is 56.3 Å². The molecule has 0 amide bonds. The molecule has 0 spiro atoms. The number of piperazine rings is 1. The van der Waals surface area contributed by atoms with E-state index < -0.39 is 0 Å². The maximum Gasteiger partial charge on any atom is 0.133 e. The number of thiophene rings is 1. The van der Waals surface area contributed by atoms with Gasteiger partial charge < -0.3 is 15.1 Å². The number of anilines is 2. The molecule has 0 radical (unpaired) electrons. The van der Waals surface area contributed by atoms with E-state index in [-0.39, 0.29) is 0 Å². The Hall–Kier alpha value is -2.44. The maximum atomic E-state index is 4.68. The van der Waals surface area contributed by atoms with Crippen LogP contribution in [0.2, 0.25) is 0 Å². The molecule has 1 saturated heterocycles. The fraction of sp³-hybridized carbons (Fsp3) is 0.333. The van der Waals surface area contributed by atoms with Gasteiger partial charge in [0.25, 0.3) is 0 Å². The van der Waals surface area contributed by atoms with Gasteiger partial charge in [-0.05, 0) is 37.3 Å². The summed E-state index contributed by atoms with van der Waals surface area (Å²) in [7, 11) is 0. The largest absolute Gasteiger partial charge is 0.353 e. The van der Waals surface area contributed by atoms with Gasteiger partial charge in [-0.3, -0.25) is 0 Å². The normalized spacial score (nSPS) is 14.6. The van der Waals surface area contributed by atoms with E-state index in [4.69, 9.17) is 0 Å². The molecule has 0 saturated carbocycles. The zero-order valence-corrected chi connectivity index (χ0v) is 16.5. The van der Waals surface area contributed by atoms with Gasteiger partial charge in [-0.1, -0.05) is 12.1 Å². The Balaban J connectivity index is 1.36. The predicted molar refractivity (Wildman–Crippen MR) is 112 cm³/mol. The molecule has 0 unspecified atom stereocenters. The van der Waals surface area contributed by atoms with Crippen molar-refractivity contribution in [3.63, 3.8) is 0 Å². The van der Waals surface area contributed by atoms with Crippen molar-refractivity contribution in [1.82, 2.24) is 15.3 Å². The van der Waals surface area contributed by atoms with Crippen molar-refractivity contribution in [1.29, 1.82) is 0 Å². The van der Waals surface area contributed by atoms with Crippen molar-refractivity contribution in [3.8, 4) is 0 Å². The van der Waals surface area contributed by atoms with Crippen LogP contribution in [-0.4, -0.2) is 36.1 Å². The first-order valence-corrected chi connectivity index (χ1v) is 10.2. The van der Waals surface area contributed by atoms with Crippen LogP contribution in [0.3, 0.4) is 0 Å². The molecular weight excluding hydrogens is 354 g/mol. The summed E-state index contributed by atoms with van der Waals surface area (Å²) < 4.78 is 0. The number of nitrogens with one attached hydrogen (secondary N) is 1. The molecule has 4 heterocycles. The second-order valence-corrected chi connectivity index (χ2v) is 8.14. The molecule has 0 bridgehead atoms. The van der Waals surface area contributed by atoms with Crippen molar-refractivity contribution >= 4 is 23.0 Å². The van der Waals surface area contributed by atoms with Crippen LogP contribution in [-0.2, 0) is 13.1 Å². The molecule has 0 atom stereocenters. The molecule has 6 heteroatoms. The number of rotatable bonds is 6. The summed E-state index contributed by atoms with van der Waals surface area (Å²) in [4.78, 5) is 16.6. The highest BCUT2D eigenvalue weighted by molar-refractivity contribution is 7.11. The van der Waals surface area contributed by atoms with Gasteiger partial charge in [-0.15, -0.1) is 11.3 Å². The molecule has 5 nitrogen and oxygen atoms in total. The zero-order chi connectivity index (χ0) is 18.5. The number of aryl methyl sites for hydroxylation is 1. The fourth-order valence-corrected chi connectivity index (χ4v) is 4.30. The highest BCUT2D eigenvalue weighted by atomic mass is 32.1. The molecule has 1 N–H and O–H groups in total. The Kier molecular flexibility index (Phi) is 5.65. The summed E-state index contributed by atoms with van der Waals surface area (Å²) in [5, 5.41) is 3.57. The van der Waals surface area contributed by atoms with Gasteiger partial charge in [0, 0.05) is 67.0 Å². The topological polar surface area (TPSA) is 44.3 Å². The Bertz CT molecular complexity index is 856. The molecule has 0 aromatic carbocycles. The second-order valence-electron chi connectivity index (χ2n) is 6.76. The molecule has 1 fully saturated rings. The minimum Gasteiger partial charge on any atom is -0.353 e. The van der Waals surface area contributed by atoms with E-state index in [1.807, 2.05) is 41.9 Å². The molecule has 0 aliphatic carbocycles. The van der Waals surface area contributed by atoms with Gasteiger partial charge >= 0.3 is 0 Å². The summed E-state index contributed by atoms with van der Waals surface area (Å²) >= 11 is 1.85. The van der Waals surface area contributed by atoms with Crippen molar-refractivity contribution in [2.24, 2.45) is 0 Å². The first-order valence-electron chi connectivity index (χ1n) is 9.40. The molecule has 140 valence electrons. The zero-order valence-electron chi connectivity index (χ0n) is 15.6. The summed E-state index contributed by atoms with van der Waals surface area (Å²) in [6.45, 7) is 7.75. The van der Waals surface area contributed by atoms with E-state index in [1.54, 1.807) is 0 Å². The molecule has 1 aliphatic heterocycles. The third kappa shape index (κ3) is 4.46.